The summed E-state index contributed by atoms with van der Waals surface area (Å²) in [6, 6.07) is 0.821. The molecule has 0 saturated heterocycles. The second-order valence-corrected chi connectivity index (χ2v) is 16.0. The fourth-order valence-corrected chi connectivity index (χ4v) is 4.15. The van der Waals surface area contributed by atoms with Crippen LogP contribution in [0.1, 0.15) is 59.3 Å². The van der Waals surface area contributed by atoms with Crippen molar-refractivity contribution in [3.63, 3.8) is 0 Å². The largest absolute Gasteiger partial charge is 0.450 e. The van der Waals surface area contributed by atoms with Crippen molar-refractivity contribution < 1.29 is 19.1 Å². The highest BCUT2D eigenvalue weighted by Gasteiger charge is 2.26. The fraction of sp³-hybridized carbons (Fsp3) is 0.905. The van der Waals surface area contributed by atoms with Crippen molar-refractivity contribution in [1.82, 2.24) is 10.2 Å². The molecule has 1 rings (SSSR count). The van der Waals surface area contributed by atoms with Gasteiger partial charge in [0.15, 0.2) is 0 Å². The van der Waals surface area contributed by atoms with E-state index in [1.54, 1.807) is 11.9 Å². The summed E-state index contributed by atoms with van der Waals surface area (Å²) in [6.07, 6.45) is 6.30. The predicted molar refractivity (Wildman–Crippen MR) is 116 cm³/mol. The topological polar surface area (TPSA) is 67.9 Å². The molecule has 1 saturated carbocycles. The average Bonchev–Trinajstić information content (AvgIpc) is 2.52. The summed E-state index contributed by atoms with van der Waals surface area (Å²) in [5.74, 6) is 0.588. The Morgan fingerprint density at radius 1 is 1.14 bits per heavy atom. The summed E-state index contributed by atoms with van der Waals surface area (Å²) in [5.41, 5.74) is -0.541. The van der Waals surface area contributed by atoms with Gasteiger partial charge in [-0.15, -0.1) is 0 Å². The Kier molecular flexibility index (Phi) is 9.81. The van der Waals surface area contributed by atoms with Crippen LogP contribution in [0, 0.1) is 5.92 Å². The van der Waals surface area contributed by atoms with Crippen LogP contribution in [0.2, 0.25) is 25.7 Å². The highest BCUT2D eigenvalue weighted by atomic mass is 28.3. The van der Waals surface area contributed by atoms with Crippen molar-refractivity contribution in [3.05, 3.63) is 0 Å². The zero-order chi connectivity index (χ0) is 21.4. The first-order valence-electron chi connectivity index (χ1n) is 10.7. The van der Waals surface area contributed by atoms with Gasteiger partial charge in [-0.05, 0) is 39.2 Å². The third-order valence-electron chi connectivity index (χ3n) is 4.95. The van der Waals surface area contributed by atoms with E-state index in [2.05, 4.69) is 25.0 Å². The summed E-state index contributed by atoms with van der Waals surface area (Å²) in [7, 11) is 0.503. The molecule has 1 atom stereocenters. The molecule has 1 aliphatic rings. The average molecular weight is 415 g/mol. The van der Waals surface area contributed by atoms with Gasteiger partial charge >= 0.3 is 12.2 Å². The molecule has 0 bridgehead atoms. The molecule has 0 spiro atoms. The SMILES string of the molecule is CN(CC(CC1CCCCC1)NC(=O)OC(C)(C)C)C(=O)OCC[Si](C)(C)C. The Bertz CT molecular complexity index is 494. The molecule has 0 radical (unpaired) electrons. The van der Waals surface area contributed by atoms with Gasteiger partial charge < -0.3 is 19.7 Å². The number of carbonyl (C=O) groups excluding carboxylic acids is 2. The van der Waals surface area contributed by atoms with Gasteiger partial charge in [0, 0.05) is 21.7 Å². The van der Waals surface area contributed by atoms with Gasteiger partial charge in [-0.1, -0.05) is 51.7 Å². The van der Waals surface area contributed by atoms with Crippen LogP contribution in [0.5, 0.6) is 0 Å². The molecule has 0 aliphatic heterocycles. The van der Waals surface area contributed by atoms with E-state index in [1.165, 1.54) is 32.1 Å². The first-order chi connectivity index (χ1) is 12.9. The Balaban J connectivity index is 2.61. The van der Waals surface area contributed by atoms with E-state index in [0.29, 0.717) is 19.1 Å². The molecule has 1 fully saturated rings. The van der Waals surface area contributed by atoms with E-state index in [9.17, 15) is 9.59 Å². The van der Waals surface area contributed by atoms with Crippen LogP contribution in [-0.4, -0.2) is 57.0 Å². The predicted octanol–water partition coefficient (Wildman–Crippen LogP) is 5.26. The highest BCUT2D eigenvalue weighted by molar-refractivity contribution is 6.76. The smallest absolute Gasteiger partial charge is 0.409 e. The van der Waals surface area contributed by atoms with Crippen molar-refractivity contribution in [2.75, 3.05) is 20.2 Å². The van der Waals surface area contributed by atoms with Crippen LogP contribution in [0.3, 0.4) is 0 Å². The maximum atomic E-state index is 12.3. The van der Waals surface area contributed by atoms with E-state index < -0.39 is 19.8 Å². The molecule has 2 amide bonds. The Morgan fingerprint density at radius 3 is 2.29 bits per heavy atom. The molecule has 1 unspecified atom stereocenters. The van der Waals surface area contributed by atoms with Crippen molar-refractivity contribution >= 4 is 20.3 Å². The molecule has 0 aromatic carbocycles. The van der Waals surface area contributed by atoms with Crippen molar-refractivity contribution in [1.29, 1.82) is 0 Å². The van der Waals surface area contributed by atoms with Crippen molar-refractivity contribution in [3.8, 4) is 0 Å². The molecule has 6 nitrogen and oxygen atoms in total. The Morgan fingerprint density at radius 2 is 1.75 bits per heavy atom. The first kappa shape index (κ1) is 24.8. The van der Waals surface area contributed by atoms with Crippen LogP contribution in [0.4, 0.5) is 9.59 Å². The molecular formula is C21H42N2O4Si. The molecular weight excluding hydrogens is 372 g/mol. The molecule has 7 heteroatoms. The number of carbonyl (C=O) groups is 2. The standard InChI is InChI=1S/C21H42N2O4Si/c1-21(2,3)27-19(24)22-18(15-17-11-9-8-10-12-17)16-23(4)20(25)26-13-14-28(5,6)7/h17-18H,8-16H2,1-7H3,(H,22,24). The van der Waals surface area contributed by atoms with Gasteiger partial charge in [-0.25, -0.2) is 9.59 Å². The summed E-state index contributed by atoms with van der Waals surface area (Å²) < 4.78 is 10.9. The van der Waals surface area contributed by atoms with Crippen LogP contribution in [0.25, 0.3) is 0 Å². The summed E-state index contributed by atoms with van der Waals surface area (Å²) in [6.45, 7) is 13.2. The minimum atomic E-state index is -1.23. The van der Waals surface area contributed by atoms with Gasteiger partial charge in [-0.3, -0.25) is 0 Å². The normalized spacial score (nSPS) is 17.0. The number of nitrogens with zero attached hydrogens (tertiary/aromatic N) is 1. The molecule has 1 aliphatic carbocycles. The molecule has 1 N–H and O–H groups in total. The van der Waals surface area contributed by atoms with Gasteiger partial charge in [-0.2, -0.15) is 0 Å². The molecule has 0 heterocycles. The van der Waals surface area contributed by atoms with Crippen LogP contribution < -0.4 is 5.32 Å². The van der Waals surface area contributed by atoms with Crippen LogP contribution in [0.15, 0.2) is 0 Å². The van der Waals surface area contributed by atoms with Crippen LogP contribution in [-0.2, 0) is 9.47 Å². The number of alkyl carbamates (subject to hydrolysis) is 1. The third kappa shape index (κ3) is 11.6. The second-order valence-electron chi connectivity index (χ2n) is 10.4. The van der Waals surface area contributed by atoms with E-state index in [-0.39, 0.29) is 12.1 Å². The van der Waals surface area contributed by atoms with E-state index in [1.807, 2.05) is 20.8 Å². The van der Waals surface area contributed by atoms with Crippen molar-refractivity contribution in [2.24, 2.45) is 5.92 Å². The van der Waals surface area contributed by atoms with Crippen molar-refractivity contribution in [2.45, 2.75) is 96.6 Å². The molecule has 0 aromatic rings. The lowest BCUT2D eigenvalue weighted by molar-refractivity contribution is 0.0476. The number of nitrogens with one attached hydrogen (secondary N) is 1. The number of hydrogen-bond donors (Lipinski definition) is 1. The number of rotatable bonds is 8. The quantitative estimate of drug-likeness (QED) is 0.550. The lowest BCUT2D eigenvalue weighted by Gasteiger charge is -2.30. The molecule has 0 aromatic heterocycles. The molecule has 164 valence electrons. The minimum absolute atomic E-state index is 0.132. The monoisotopic (exact) mass is 414 g/mol. The second kappa shape index (κ2) is 11.1. The lowest BCUT2D eigenvalue weighted by Crippen LogP contribution is -2.47. The number of hydrogen-bond acceptors (Lipinski definition) is 4. The Hall–Kier alpha value is -1.24. The van der Waals surface area contributed by atoms with E-state index >= 15 is 0 Å². The zero-order valence-corrected chi connectivity index (χ0v) is 20.1. The minimum Gasteiger partial charge on any atom is -0.450 e. The Labute approximate surface area is 172 Å². The van der Waals surface area contributed by atoms with E-state index in [0.717, 1.165) is 12.5 Å². The first-order valence-corrected chi connectivity index (χ1v) is 14.4. The fourth-order valence-electron chi connectivity index (χ4n) is 3.44. The lowest BCUT2D eigenvalue weighted by atomic mass is 9.85. The van der Waals surface area contributed by atoms with E-state index in [4.69, 9.17) is 9.47 Å². The number of amides is 2. The number of likely N-dealkylation sites (N-methyl/N-ethyl adjacent to an activating group) is 1. The van der Waals surface area contributed by atoms with Gasteiger partial charge in [0.2, 0.25) is 0 Å². The highest BCUT2D eigenvalue weighted by Crippen LogP contribution is 2.27. The maximum Gasteiger partial charge on any atom is 0.409 e. The zero-order valence-electron chi connectivity index (χ0n) is 19.1. The van der Waals surface area contributed by atoms with Crippen LogP contribution >= 0.6 is 0 Å². The number of ether oxygens (including phenoxy) is 2. The third-order valence-corrected chi connectivity index (χ3v) is 6.65. The van der Waals surface area contributed by atoms with Gasteiger partial charge in [0.25, 0.3) is 0 Å². The summed E-state index contributed by atoms with van der Waals surface area (Å²) in [5, 5.41) is 2.98. The van der Waals surface area contributed by atoms with Gasteiger partial charge in [0.1, 0.15) is 5.60 Å². The molecule has 28 heavy (non-hydrogen) atoms. The summed E-state index contributed by atoms with van der Waals surface area (Å²) in [4.78, 5) is 26.2. The maximum absolute atomic E-state index is 12.3. The van der Waals surface area contributed by atoms with Gasteiger partial charge in [0.05, 0.1) is 12.6 Å². The summed E-state index contributed by atoms with van der Waals surface area (Å²) >= 11 is 0.